The van der Waals surface area contributed by atoms with Crippen molar-refractivity contribution in [2.45, 2.75) is 85.0 Å². The second kappa shape index (κ2) is 9.42. The molecule has 1 atom stereocenters. The molecule has 0 saturated carbocycles. The van der Waals surface area contributed by atoms with Crippen LogP contribution in [0.2, 0.25) is 0 Å². The number of unbranched alkanes of at least 4 members (excludes halogenated alkanes) is 7. The van der Waals surface area contributed by atoms with Crippen molar-refractivity contribution >= 4 is 0 Å². The van der Waals surface area contributed by atoms with Gasteiger partial charge in [-0.15, -0.1) is 0 Å². The Morgan fingerprint density at radius 2 is 1.50 bits per heavy atom. The van der Waals surface area contributed by atoms with Crippen molar-refractivity contribution < 1.29 is 0 Å². The first kappa shape index (κ1) is 15.5. The van der Waals surface area contributed by atoms with Gasteiger partial charge in [-0.3, -0.25) is 0 Å². The smallest absolute Gasteiger partial charge is 0.0166 e. The Kier molecular flexibility index (Phi) is 8.13. The van der Waals surface area contributed by atoms with Gasteiger partial charge in [-0.05, 0) is 32.6 Å². The maximum Gasteiger partial charge on any atom is -0.0166 e. The average Bonchev–Trinajstić information content (AvgIpc) is 2.36. The maximum absolute atomic E-state index is 2.33. The summed E-state index contributed by atoms with van der Waals surface area (Å²) in [5.74, 6) is 0.843. The van der Waals surface area contributed by atoms with Crippen LogP contribution < -0.4 is 0 Å². The molecule has 0 saturated heterocycles. The van der Waals surface area contributed by atoms with Gasteiger partial charge in [-0.1, -0.05) is 81.6 Å². The normalized spacial score (nSPS) is 19.6. The van der Waals surface area contributed by atoms with Crippen molar-refractivity contribution in [3.8, 4) is 0 Å². The van der Waals surface area contributed by atoms with Crippen LogP contribution >= 0.6 is 0 Å². The van der Waals surface area contributed by atoms with E-state index < -0.39 is 0 Å². The SMILES string of the molecule is CCCCCCCCCCC1CC(C)=CC=C1C. The van der Waals surface area contributed by atoms with E-state index in [1.807, 2.05) is 0 Å². The third kappa shape index (κ3) is 6.42. The van der Waals surface area contributed by atoms with Gasteiger partial charge in [0.1, 0.15) is 0 Å². The minimum absolute atomic E-state index is 0.843. The van der Waals surface area contributed by atoms with Gasteiger partial charge in [0.2, 0.25) is 0 Å². The molecule has 104 valence electrons. The highest BCUT2D eigenvalue weighted by Crippen LogP contribution is 2.29. The van der Waals surface area contributed by atoms with Crippen molar-refractivity contribution in [1.29, 1.82) is 0 Å². The van der Waals surface area contributed by atoms with E-state index in [0.717, 1.165) is 5.92 Å². The summed E-state index contributed by atoms with van der Waals surface area (Å²) >= 11 is 0. The zero-order chi connectivity index (χ0) is 13.2. The first-order chi connectivity index (χ1) is 8.74. The van der Waals surface area contributed by atoms with E-state index in [1.165, 1.54) is 64.2 Å². The van der Waals surface area contributed by atoms with E-state index in [-0.39, 0.29) is 0 Å². The molecule has 0 aromatic heterocycles. The Labute approximate surface area is 115 Å². The zero-order valence-electron chi connectivity index (χ0n) is 12.8. The highest BCUT2D eigenvalue weighted by Gasteiger charge is 2.13. The summed E-state index contributed by atoms with van der Waals surface area (Å²) in [5.41, 5.74) is 3.16. The molecule has 0 nitrogen and oxygen atoms in total. The summed E-state index contributed by atoms with van der Waals surface area (Å²) in [6, 6.07) is 0. The molecule has 0 bridgehead atoms. The molecule has 0 spiro atoms. The summed E-state index contributed by atoms with van der Waals surface area (Å²) in [6.45, 7) is 6.86. The summed E-state index contributed by atoms with van der Waals surface area (Å²) < 4.78 is 0. The largest absolute Gasteiger partial charge is 0.0727 e. The van der Waals surface area contributed by atoms with E-state index in [4.69, 9.17) is 0 Å². The first-order valence-electron chi connectivity index (χ1n) is 8.08. The lowest BCUT2D eigenvalue weighted by Crippen LogP contribution is -2.06. The van der Waals surface area contributed by atoms with Crippen LogP contribution in [0.3, 0.4) is 0 Å². The van der Waals surface area contributed by atoms with Gasteiger partial charge >= 0.3 is 0 Å². The fourth-order valence-electron chi connectivity index (χ4n) is 2.88. The first-order valence-corrected chi connectivity index (χ1v) is 8.08. The number of rotatable bonds is 9. The van der Waals surface area contributed by atoms with Gasteiger partial charge in [0.05, 0.1) is 0 Å². The molecule has 1 aliphatic carbocycles. The molecule has 0 radical (unpaired) electrons. The third-order valence-corrected chi connectivity index (χ3v) is 4.25. The van der Waals surface area contributed by atoms with Crippen LogP contribution in [0, 0.1) is 5.92 Å². The number of hydrogen-bond acceptors (Lipinski definition) is 0. The molecular weight excluding hydrogens is 216 g/mol. The Bertz CT molecular complexity index is 270. The summed E-state index contributed by atoms with van der Waals surface area (Å²) in [5, 5.41) is 0. The van der Waals surface area contributed by atoms with Crippen LogP contribution in [0.5, 0.6) is 0 Å². The lowest BCUT2D eigenvalue weighted by molar-refractivity contribution is 0.491. The molecule has 0 heterocycles. The zero-order valence-corrected chi connectivity index (χ0v) is 12.8. The second-order valence-corrected chi connectivity index (χ2v) is 6.09. The Balaban J connectivity index is 1.98. The van der Waals surface area contributed by atoms with Crippen molar-refractivity contribution in [2.24, 2.45) is 5.92 Å². The quantitative estimate of drug-likeness (QED) is 0.412. The maximum atomic E-state index is 2.33. The highest BCUT2D eigenvalue weighted by molar-refractivity contribution is 5.24. The van der Waals surface area contributed by atoms with E-state index in [1.54, 1.807) is 11.1 Å². The molecule has 0 aromatic rings. The Hall–Kier alpha value is -0.520. The topological polar surface area (TPSA) is 0 Å². The van der Waals surface area contributed by atoms with Gasteiger partial charge in [0.15, 0.2) is 0 Å². The monoisotopic (exact) mass is 248 g/mol. The Morgan fingerprint density at radius 3 is 2.17 bits per heavy atom. The van der Waals surface area contributed by atoms with Gasteiger partial charge in [0.25, 0.3) is 0 Å². The molecule has 18 heavy (non-hydrogen) atoms. The van der Waals surface area contributed by atoms with E-state index >= 15 is 0 Å². The predicted molar refractivity (Wildman–Crippen MR) is 82.8 cm³/mol. The molecule has 0 N–H and O–H groups in total. The van der Waals surface area contributed by atoms with Crippen molar-refractivity contribution in [3.63, 3.8) is 0 Å². The van der Waals surface area contributed by atoms with Gasteiger partial charge in [-0.25, -0.2) is 0 Å². The summed E-state index contributed by atoms with van der Waals surface area (Å²) in [6.07, 6.45) is 18.8. The molecule has 0 fully saturated rings. The van der Waals surface area contributed by atoms with Crippen LogP contribution in [0.4, 0.5) is 0 Å². The van der Waals surface area contributed by atoms with Crippen molar-refractivity contribution in [2.75, 3.05) is 0 Å². The summed E-state index contributed by atoms with van der Waals surface area (Å²) in [4.78, 5) is 0. The van der Waals surface area contributed by atoms with Crippen molar-refractivity contribution in [1.82, 2.24) is 0 Å². The standard InChI is InChI=1S/C18H32/c1-4-5-6-7-8-9-10-11-12-18-15-16(2)13-14-17(18)3/h13-14,18H,4-12,15H2,1-3H3. The minimum atomic E-state index is 0.843. The number of allylic oxidation sites excluding steroid dienone is 4. The van der Waals surface area contributed by atoms with E-state index in [2.05, 4.69) is 32.9 Å². The molecule has 1 unspecified atom stereocenters. The lowest BCUT2D eigenvalue weighted by atomic mass is 9.85. The second-order valence-electron chi connectivity index (χ2n) is 6.09. The molecule has 0 aromatic carbocycles. The van der Waals surface area contributed by atoms with Gasteiger partial charge < -0.3 is 0 Å². The fourth-order valence-corrected chi connectivity index (χ4v) is 2.88. The molecule has 1 rings (SSSR count). The Morgan fingerprint density at radius 1 is 0.889 bits per heavy atom. The van der Waals surface area contributed by atoms with Crippen LogP contribution in [0.15, 0.2) is 23.3 Å². The molecule has 0 heteroatoms. The van der Waals surface area contributed by atoms with Crippen LogP contribution in [-0.4, -0.2) is 0 Å². The van der Waals surface area contributed by atoms with E-state index in [9.17, 15) is 0 Å². The molecule has 0 amide bonds. The average molecular weight is 248 g/mol. The molecule has 0 aliphatic heterocycles. The highest BCUT2D eigenvalue weighted by atomic mass is 14.2. The predicted octanol–water partition coefficient (Wildman–Crippen LogP) is 6.43. The van der Waals surface area contributed by atoms with Gasteiger partial charge in [0, 0.05) is 0 Å². The van der Waals surface area contributed by atoms with Crippen LogP contribution in [0.25, 0.3) is 0 Å². The summed E-state index contributed by atoms with van der Waals surface area (Å²) in [7, 11) is 0. The fraction of sp³-hybridized carbons (Fsp3) is 0.778. The molecular formula is C18H32. The van der Waals surface area contributed by atoms with Gasteiger partial charge in [-0.2, -0.15) is 0 Å². The number of hydrogen-bond donors (Lipinski definition) is 0. The van der Waals surface area contributed by atoms with E-state index in [0.29, 0.717) is 0 Å². The molecule has 1 aliphatic rings. The minimum Gasteiger partial charge on any atom is -0.0727 e. The van der Waals surface area contributed by atoms with Crippen LogP contribution in [-0.2, 0) is 0 Å². The van der Waals surface area contributed by atoms with Crippen LogP contribution in [0.1, 0.15) is 85.0 Å². The lowest BCUT2D eigenvalue weighted by Gasteiger charge is -2.21. The third-order valence-electron chi connectivity index (χ3n) is 4.25. The van der Waals surface area contributed by atoms with Crippen molar-refractivity contribution in [3.05, 3.63) is 23.3 Å².